The lowest BCUT2D eigenvalue weighted by molar-refractivity contribution is 0.0697. The van der Waals surface area contributed by atoms with E-state index in [1.165, 1.54) is 65.6 Å². The van der Waals surface area contributed by atoms with E-state index in [0.717, 1.165) is 38.1 Å². The third kappa shape index (κ3) is 4.22. The van der Waals surface area contributed by atoms with Gasteiger partial charge < -0.3 is 19.5 Å². The Labute approximate surface area is 203 Å². The molecule has 3 aromatic rings. The van der Waals surface area contributed by atoms with Crippen LogP contribution in [0.1, 0.15) is 65.9 Å². The van der Waals surface area contributed by atoms with Crippen molar-refractivity contribution in [1.29, 1.82) is 0 Å². The Bertz CT molecular complexity index is 1200. The number of hydrogen-bond donors (Lipinski definition) is 1. The van der Waals surface area contributed by atoms with E-state index in [1.807, 2.05) is 6.07 Å². The number of rotatable bonds is 6. The molecule has 0 radical (unpaired) electrons. The second kappa shape index (κ2) is 9.46. The molecule has 2 aromatic carbocycles. The summed E-state index contributed by atoms with van der Waals surface area (Å²) in [5.74, 6) is -0.316. The van der Waals surface area contributed by atoms with Crippen molar-refractivity contribution >= 4 is 22.6 Å². The SMILES string of the molecule is Cc1ccc2c(c1)N(CCCN(C)C)CCn1c-2c(C2CCCCC2)c2ccc(C(=O)O)cc21. The van der Waals surface area contributed by atoms with Crippen molar-refractivity contribution in [3.05, 3.63) is 53.1 Å². The predicted molar refractivity (Wildman–Crippen MR) is 140 cm³/mol. The smallest absolute Gasteiger partial charge is 0.335 e. The van der Waals surface area contributed by atoms with Gasteiger partial charge in [0.2, 0.25) is 0 Å². The fraction of sp³-hybridized carbons (Fsp3) is 0.483. The number of fused-ring (bicyclic) bond motifs is 5. The van der Waals surface area contributed by atoms with Crippen LogP contribution in [0.2, 0.25) is 0 Å². The van der Waals surface area contributed by atoms with Crippen LogP contribution in [0.5, 0.6) is 0 Å². The van der Waals surface area contributed by atoms with E-state index in [2.05, 4.69) is 59.7 Å². The van der Waals surface area contributed by atoms with Gasteiger partial charge in [0.1, 0.15) is 0 Å². The molecule has 0 spiro atoms. The highest BCUT2D eigenvalue weighted by atomic mass is 16.4. The molecule has 5 rings (SSSR count). The van der Waals surface area contributed by atoms with E-state index in [1.54, 1.807) is 6.07 Å². The Hall–Kier alpha value is -2.79. The van der Waals surface area contributed by atoms with E-state index in [4.69, 9.17) is 0 Å². The Balaban J connectivity index is 1.71. The van der Waals surface area contributed by atoms with Crippen LogP contribution in [0.15, 0.2) is 36.4 Å². The molecule has 0 atom stereocenters. The normalized spacial score (nSPS) is 16.5. The predicted octanol–water partition coefficient (Wildman–Crippen LogP) is 6.13. The van der Waals surface area contributed by atoms with Crippen LogP contribution >= 0.6 is 0 Å². The molecule has 1 aromatic heterocycles. The topological polar surface area (TPSA) is 48.7 Å². The molecule has 5 nitrogen and oxygen atoms in total. The number of hydrogen-bond acceptors (Lipinski definition) is 3. The van der Waals surface area contributed by atoms with Crippen LogP contribution in [0.3, 0.4) is 0 Å². The summed E-state index contributed by atoms with van der Waals surface area (Å²) in [6.45, 7) is 6.08. The summed E-state index contributed by atoms with van der Waals surface area (Å²) in [4.78, 5) is 16.6. The van der Waals surface area contributed by atoms with E-state index in [-0.39, 0.29) is 0 Å². The Morgan fingerprint density at radius 3 is 2.59 bits per heavy atom. The first kappa shape index (κ1) is 23.0. The van der Waals surface area contributed by atoms with Gasteiger partial charge in [0.25, 0.3) is 0 Å². The number of anilines is 1. The number of carbonyl (C=O) groups is 1. The van der Waals surface area contributed by atoms with Gasteiger partial charge >= 0.3 is 5.97 Å². The Morgan fingerprint density at radius 2 is 1.85 bits per heavy atom. The van der Waals surface area contributed by atoms with Crippen molar-refractivity contribution in [2.45, 2.75) is 57.9 Å². The summed E-state index contributed by atoms with van der Waals surface area (Å²) in [5.41, 5.74) is 8.16. The minimum absolute atomic E-state index is 0.374. The molecule has 1 saturated carbocycles. The van der Waals surface area contributed by atoms with Gasteiger partial charge in [-0.25, -0.2) is 4.79 Å². The molecule has 0 amide bonds. The Kier molecular flexibility index (Phi) is 6.39. The maximum absolute atomic E-state index is 11.8. The van der Waals surface area contributed by atoms with Gasteiger partial charge in [-0.15, -0.1) is 0 Å². The minimum Gasteiger partial charge on any atom is -0.478 e. The van der Waals surface area contributed by atoms with Crippen LogP contribution in [-0.2, 0) is 6.54 Å². The quantitative estimate of drug-likeness (QED) is 0.481. The van der Waals surface area contributed by atoms with Crippen molar-refractivity contribution in [2.24, 2.45) is 0 Å². The third-order valence-corrected chi connectivity index (χ3v) is 7.74. The molecule has 0 bridgehead atoms. The van der Waals surface area contributed by atoms with Crippen molar-refractivity contribution in [3.8, 4) is 11.3 Å². The van der Waals surface area contributed by atoms with Crippen molar-refractivity contribution in [1.82, 2.24) is 9.47 Å². The largest absolute Gasteiger partial charge is 0.478 e. The maximum atomic E-state index is 11.8. The van der Waals surface area contributed by atoms with Crippen LogP contribution in [0.25, 0.3) is 22.2 Å². The molecule has 2 heterocycles. The lowest BCUT2D eigenvalue weighted by atomic mass is 9.81. The first-order valence-corrected chi connectivity index (χ1v) is 12.8. The van der Waals surface area contributed by atoms with Gasteiger partial charge in [0.05, 0.1) is 11.3 Å². The van der Waals surface area contributed by atoms with Gasteiger partial charge in [-0.05, 0) is 82.1 Å². The highest BCUT2D eigenvalue weighted by molar-refractivity contribution is 5.99. The van der Waals surface area contributed by atoms with Crippen LogP contribution < -0.4 is 4.90 Å². The van der Waals surface area contributed by atoms with E-state index < -0.39 is 5.97 Å². The number of carboxylic acid groups (broad SMARTS) is 1. The van der Waals surface area contributed by atoms with Gasteiger partial charge in [0, 0.05) is 41.8 Å². The monoisotopic (exact) mass is 459 g/mol. The standard InChI is InChI=1S/C29H37N3O2/c1-20-10-12-24-25(18-20)31(15-7-14-30(2)3)16-17-32-26-19-22(29(33)34)11-13-23(26)27(28(24)32)21-8-5-4-6-9-21/h10-13,18-19,21H,4-9,14-17H2,1-3H3,(H,33,34). The lowest BCUT2D eigenvalue weighted by Crippen LogP contribution is -2.29. The summed E-state index contributed by atoms with van der Waals surface area (Å²) in [6.07, 6.45) is 7.45. The molecule has 1 fully saturated rings. The molecule has 1 N–H and O–H groups in total. The van der Waals surface area contributed by atoms with Gasteiger partial charge in [0.15, 0.2) is 0 Å². The molecule has 180 valence electrons. The number of carboxylic acids is 1. The number of aryl methyl sites for hydroxylation is 1. The zero-order valence-electron chi connectivity index (χ0n) is 20.8. The molecule has 0 saturated heterocycles. The average molecular weight is 460 g/mol. The summed E-state index contributed by atoms with van der Waals surface area (Å²) < 4.78 is 2.44. The Morgan fingerprint density at radius 1 is 1.06 bits per heavy atom. The fourth-order valence-corrected chi connectivity index (χ4v) is 6.09. The number of nitrogens with zero attached hydrogens (tertiary/aromatic N) is 3. The highest BCUT2D eigenvalue weighted by Gasteiger charge is 2.30. The number of aromatic carboxylic acids is 1. The van der Waals surface area contributed by atoms with E-state index in [0.29, 0.717) is 11.5 Å². The van der Waals surface area contributed by atoms with Crippen LogP contribution in [0.4, 0.5) is 5.69 Å². The summed E-state index contributed by atoms with van der Waals surface area (Å²) in [7, 11) is 4.27. The van der Waals surface area contributed by atoms with Gasteiger partial charge in [-0.3, -0.25) is 0 Å². The van der Waals surface area contributed by atoms with E-state index >= 15 is 0 Å². The molecule has 1 aliphatic carbocycles. The minimum atomic E-state index is -0.855. The number of aromatic nitrogens is 1. The number of benzene rings is 2. The van der Waals surface area contributed by atoms with Crippen LogP contribution in [0, 0.1) is 6.92 Å². The maximum Gasteiger partial charge on any atom is 0.335 e. The third-order valence-electron chi connectivity index (χ3n) is 7.74. The van der Waals surface area contributed by atoms with Crippen molar-refractivity contribution in [3.63, 3.8) is 0 Å². The fourth-order valence-electron chi connectivity index (χ4n) is 6.09. The zero-order chi connectivity index (χ0) is 23.8. The summed E-state index contributed by atoms with van der Waals surface area (Å²) >= 11 is 0. The molecule has 0 unspecified atom stereocenters. The second-order valence-corrected chi connectivity index (χ2v) is 10.5. The van der Waals surface area contributed by atoms with Crippen molar-refractivity contribution < 1.29 is 9.90 Å². The molecular weight excluding hydrogens is 422 g/mol. The average Bonchev–Trinajstić information content (AvgIpc) is 3.06. The first-order chi connectivity index (χ1) is 16.4. The second-order valence-electron chi connectivity index (χ2n) is 10.5. The van der Waals surface area contributed by atoms with Crippen LogP contribution in [-0.4, -0.2) is 54.3 Å². The summed E-state index contributed by atoms with van der Waals surface area (Å²) in [6, 6.07) is 12.7. The first-order valence-electron chi connectivity index (χ1n) is 12.8. The van der Waals surface area contributed by atoms with Crippen molar-refractivity contribution in [2.75, 3.05) is 38.6 Å². The van der Waals surface area contributed by atoms with Gasteiger partial charge in [-0.2, -0.15) is 0 Å². The highest BCUT2D eigenvalue weighted by Crippen LogP contribution is 2.47. The zero-order valence-corrected chi connectivity index (χ0v) is 20.8. The molecule has 5 heteroatoms. The molecule has 34 heavy (non-hydrogen) atoms. The lowest BCUT2D eigenvalue weighted by Gasteiger charge is -2.27. The molecular formula is C29H37N3O2. The summed E-state index contributed by atoms with van der Waals surface area (Å²) in [5, 5.41) is 11.0. The van der Waals surface area contributed by atoms with E-state index in [9.17, 15) is 9.90 Å². The van der Waals surface area contributed by atoms with Gasteiger partial charge in [-0.1, -0.05) is 37.5 Å². The molecule has 1 aliphatic heterocycles. The molecule has 2 aliphatic rings.